The largest absolute Gasteiger partial charge is 0.352 e. The summed E-state index contributed by atoms with van der Waals surface area (Å²) in [6.07, 6.45) is 0. The maximum absolute atomic E-state index is 13.9. The molecule has 0 aromatic heterocycles. The van der Waals surface area contributed by atoms with E-state index >= 15 is 0 Å². The molecule has 0 saturated carbocycles. The summed E-state index contributed by atoms with van der Waals surface area (Å²) in [5, 5.41) is 2.85. The van der Waals surface area contributed by atoms with Crippen LogP contribution < -0.4 is 9.62 Å². The highest BCUT2D eigenvalue weighted by molar-refractivity contribution is 9.10. The van der Waals surface area contributed by atoms with Crippen LogP contribution in [0.5, 0.6) is 0 Å². The lowest BCUT2D eigenvalue weighted by Gasteiger charge is -2.32. The predicted octanol–water partition coefficient (Wildman–Crippen LogP) is 5.20. The molecule has 0 radical (unpaired) electrons. The quantitative estimate of drug-likeness (QED) is 0.347. The van der Waals surface area contributed by atoms with Gasteiger partial charge < -0.3 is 10.2 Å². The van der Waals surface area contributed by atoms with Crippen LogP contribution in [0.15, 0.2) is 82.2 Å². The first-order valence-electron chi connectivity index (χ1n) is 12.4. The van der Waals surface area contributed by atoms with Gasteiger partial charge in [0.2, 0.25) is 11.8 Å². The average Bonchev–Trinajstić information content (AvgIpc) is 2.86. The van der Waals surface area contributed by atoms with E-state index in [0.717, 1.165) is 25.5 Å². The molecule has 1 N–H and O–H groups in total. The Morgan fingerprint density at radius 2 is 1.53 bits per heavy atom. The number of rotatable bonds is 10. The maximum atomic E-state index is 13.9. The molecule has 0 aliphatic heterocycles. The van der Waals surface area contributed by atoms with E-state index in [0.29, 0.717) is 5.69 Å². The third-order valence-electron chi connectivity index (χ3n) is 6.04. The second-order valence-corrected chi connectivity index (χ2v) is 12.4. The lowest BCUT2D eigenvalue weighted by atomic mass is 10.1. The number of nitrogens with zero attached hydrogens (tertiary/aromatic N) is 2. The topological polar surface area (TPSA) is 86.8 Å². The molecule has 0 aliphatic carbocycles. The Bertz CT molecular complexity index is 1370. The average molecular weight is 601 g/mol. The molecule has 0 fully saturated rings. The molecule has 1 unspecified atom stereocenters. The van der Waals surface area contributed by atoms with Gasteiger partial charge in [-0.05, 0) is 82.1 Å². The summed E-state index contributed by atoms with van der Waals surface area (Å²) in [5.74, 6) is -0.800. The van der Waals surface area contributed by atoms with Crippen LogP contribution in [0.25, 0.3) is 0 Å². The van der Waals surface area contributed by atoms with Gasteiger partial charge in [0.25, 0.3) is 10.0 Å². The Morgan fingerprint density at radius 1 is 0.895 bits per heavy atom. The molecule has 0 spiro atoms. The number of benzene rings is 3. The number of carbonyl (C=O) groups excluding carboxylic acids is 2. The van der Waals surface area contributed by atoms with E-state index in [4.69, 9.17) is 0 Å². The van der Waals surface area contributed by atoms with Crippen molar-refractivity contribution in [2.75, 3.05) is 10.8 Å². The van der Waals surface area contributed by atoms with Gasteiger partial charge in [-0.15, -0.1) is 0 Å². The van der Waals surface area contributed by atoms with E-state index < -0.39 is 28.5 Å². The van der Waals surface area contributed by atoms with Crippen molar-refractivity contribution >= 4 is 43.5 Å². The summed E-state index contributed by atoms with van der Waals surface area (Å²) < 4.78 is 29.7. The molecule has 0 aliphatic rings. The van der Waals surface area contributed by atoms with E-state index in [2.05, 4.69) is 21.2 Å². The van der Waals surface area contributed by atoms with Crippen molar-refractivity contribution in [3.05, 3.63) is 94.0 Å². The SMILES string of the molecule is Cc1ccc(S(=O)(=O)N(CC(=O)N(Cc2ccc(Br)cc2)C(C)C(=O)NC(C)C)c2cccc(C)c2)cc1. The summed E-state index contributed by atoms with van der Waals surface area (Å²) in [4.78, 5) is 28.3. The molecular weight excluding hydrogens is 566 g/mol. The van der Waals surface area contributed by atoms with Gasteiger partial charge >= 0.3 is 0 Å². The zero-order chi connectivity index (χ0) is 28.0. The third kappa shape index (κ3) is 7.45. The van der Waals surface area contributed by atoms with E-state index in [-0.39, 0.29) is 23.4 Å². The van der Waals surface area contributed by atoms with Crippen molar-refractivity contribution < 1.29 is 18.0 Å². The van der Waals surface area contributed by atoms with Gasteiger partial charge in [-0.2, -0.15) is 0 Å². The fraction of sp³-hybridized carbons (Fsp3) is 0.310. The van der Waals surface area contributed by atoms with Gasteiger partial charge in [-0.3, -0.25) is 13.9 Å². The molecule has 7 nitrogen and oxygen atoms in total. The molecule has 3 aromatic carbocycles. The predicted molar refractivity (Wildman–Crippen MR) is 154 cm³/mol. The smallest absolute Gasteiger partial charge is 0.264 e. The minimum atomic E-state index is -4.08. The summed E-state index contributed by atoms with van der Waals surface area (Å²) in [6, 6.07) is 20.0. The van der Waals surface area contributed by atoms with Crippen LogP contribution in [0.3, 0.4) is 0 Å². The fourth-order valence-corrected chi connectivity index (χ4v) is 5.59. The zero-order valence-electron chi connectivity index (χ0n) is 22.3. The first kappa shape index (κ1) is 29.4. The van der Waals surface area contributed by atoms with E-state index in [1.165, 1.54) is 17.0 Å². The van der Waals surface area contributed by atoms with Gasteiger partial charge in [0.05, 0.1) is 10.6 Å². The Kier molecular flexibility index (Phi) is 9.73. The highest BCUT2D eigenvalue weighted by Gasteiger charge is 2.32. The van der Waals surface area contributed by atoms with Gasteiger partial charge in [-0.25, -0.2) is 8.42 Å². The second kappa shape index (κ2) is 12.6. The highest BCUT2D eigenvalue weighted by atomic mass is 79.9. The van der Waals surface area contributed by atoms with Crippen LogP contribution in [-0.2, 0) is 26.2 Å². The molecule has 0 heterocycles. The van der Waals surface area contributed by atoms with Crippen LogP contribution in [0.2, 0.25) is 0 Å². The maximum Gasteiger partial charge on any atom is 0.264 e. The van der Waals surface area contributed by atoms with Crippen molar-refractivity contribution in [3.63, 3.8) is 0 Å². The van der Waals surface area contributed by atoms with Crippen LogP contribution in [0, 0.1) is 13.8 Å². The number of nitrogens with one attached hydrogen (secondary N) is 1. The van der Waals surface area contributed by atoms with Crippen molar-refractivity contribution in [2.24, 2.45) is 0 Å². The van der Waals surface area contributed by atoms with Crippen LogP contribution in [0.1, 0.15) is 37.5 Å². The molecule has 0 bridgehead atoms. The van der Waals surface area contributed by atoms with E-state index in [1.54, 1.807) is 37.3 Å². The molecule has 0 saturated heterocycles. The van der Waals surface area contributed by atoms with E-state index in [9.17, 15) is 18.0 Å². The summed E-state index contributed by atoms with van der Waals surface area (Å²) in [5.41, 5.74) is 2.97. The van der Waals surface area contributed by atoms with Crippen LogP contribution in [-0.4, -0.2) is 43.8 Å². The van der Waals surface area contributed by atoms with Crippen molar-refractivity contribution in [3.8, 4) is 0 Å². The number of hydrogen-bond donors (Lipinski definition) is 1. The van der Waals surface area contributed by atoms with Gasteiger partial charge in [0.1, 0.15) is 12.6 Å². The minimum Gasteiger partial charge on any atom is -0.352 e. The number of sulfonamides is 1. The Balaban J connectivity index is 2.03. The summed E-state index contributed by atoms with van der Waals surface area (Å²) >= 11 is 3.41. The number of hydrogen-bond acceptors (Lipinski definition) is 4. The van der Waals surface area contributed by atoms with Gasteiger partial charge in [-0.1, -0.05) is 57.9 Å². The second-order valence-electron chi connectivity index (χ2n) is 9.65. The lowest BCUT2D eigenvalue weighted by molar-refractivity contribution is -0.139. The number of aryl methyl sites for hydroxylation is 2. The Hall–Kier alpha value is -3.17. The molecule has 2 amide bonds. The number of carbonyl (C=O) groups is 2. The van der Waals surface area contributed by atoms with Crippen LogP contribution >= 0.6 is 15.9 Å². The summed E-state index contributed by atoms with van der Waals surface area (Å²) in [7, 11) is -4.08. The first-order chi connectivity index (χ1) is 17.9. The highest BCUT2D eigenvalue weighted by Crippen LogP contribution is 2.26. The van der Waals surface area contributed by atoms with Crippen LogP contribution in [0.4, 0.5) is 5.69 Å². The molecule has 202 valence electrons. The normalized spacial score (nSPS) is 12.2. The molecule has 1 atom stereocenters. The number of halogens is 1. The fourth-order valence-electron chi connectivity index (χ4n) is 3.92. The minimum absolute atomic E-state index is 0.0856. The third-order valence-corrected chi connectivity index (χ3v) is 8.36. The van der Waals surface area contributed by atoms with Gasteiger partial charge in [0, 0.05) is 17.1 Å². The van der Waals surface area contributed by atoms with E-state index in [1.807, 2.05) is 58.0 Å². The lowest BCUT2D eigenvalue weighted by Crippen LogP contribution is -2.52. The Labute approximate surface area is 234 Å². The monoisotopic (exact) mass is 599 g/mol. The standard InChI is InChI=1S/C29H34BrN3O4S/c1-20(2)31-29(35)23(5)32(18-24-11-13-25(30)14-12-24)28(34)19-33(26-8-6-7-22(4)17-26)38(36,37)27-15-9-21(3)10-16-27/h6-17,20,23H,18-19H2,1-5H3,(H,31,35). The number of anilines is 1. The Morgan fingerprint density at radius 3 is 2.11 bits per heavy atom. The molecule has 9 heteroatoms. The molecular formula is C29H34BrN3O4S. The first-order valence-corrected chi connectivity index (χ1v) is 14.6. The summed E-state index contributed by atoms with van der Waals surface area (Å²) in [6.45, 7) is 8.76. The number of amides is 2. The van der Waals surface area contributed by atoms with Gasteiger partial charge in [0.15, 0.2) is 0 Å². The molecule has 3 rings (SSSR count). The molecule has 38 heavy (non-hydrogen) atoms. The van der Waals surface area contributed by atoms with Crippen molar-refractivity contribution in [2.45, 2.75) is 58.1 Å². The zero-order valence-corrected chi connectivity index (χ0v) is 24.7. The van der Waals surface area contributed by atoms with Crippen molar-refractivity contribution in [1.82, 2.24) is 10.2 Å². The molecule has 3 aromatic rings. The van der Waals surface area contributed by atoms with Crippen molar-refractivity contribution in [1.29, 1.82) is 0 Å².